The quantitative estimate of drug-likeness (QED) is 0.547. The molecule has 1 aromatic carbocycles. The summed E-state index contributed by atoms with van der Waals surface area (Å²) in [6, 6.07) is 7.42. The monoisotopic (exact) mass is 340 g/mol. The minimum Gasteiger partial charge on any atom is -0.170 e. The first kappa shape index (κ1) is 16.2. The molecule has 0 bridgehead atoms. The molecule has 0 spiro atoms. The molecule has 3 aliphatic carbocycles. The van der Waals surface area contributed by atoms with E-state index in [2.05, 4.69) is 0 Å². The number of fused-ring (bicyclic) bond motifs is 2. The third kappa shape index (κ3) is 2.01. The predicted octanol–water partition coefficient (Wildman–Crippen LogP) is 6.51. The van der Waals surface area contributed by atoms with Gasteiger partial charge in [0.05, 0.1) is 0 Å². The highest BCUT2D eigenvalue weighted by Gasteiger charge is 2.63. The van der Waals surface area contributed by atoms with Gasteiger partial charge in [-0.25, -0.2) is 0 Å². The lowest BCUT2D eigenvalue weighted by Gasteiger charge is -2.43. The predicted molar refractivity (Wildman–Crippen MR) is 95.0 cm³/mol. The summed E-state index contributed by atoms with van der Waals surface area (Å²) in [4.78, 5) is 0. The number of hydrogen-bond acceptors (Lipinski definition) is 0. The average Bonchev–Trinajstić information content (AvgIpc) is 3.03. The fourth-order valence-electron chi connectivity index (χ4n) is 4.51. The summed E-state index contributed by atoms with van der Waals surface area (Å²) in [5.41, 5.74) is 3.31. The van der Waals surface area contributed by atoms with Crippen LogP contribution in [-0.2, 0) is 0 Å². The van der Waals surface area contributed by atoms with Crippen LogP contribution in [0.2, 0.25) is 0 Å². The minimum atomic E-state index is -4.39. The zero-order valence-electron chi connectivity index (χ0n) is 14.4. The molecule has 3 heteroatoms. The molecule has 0 aromatic heterocycles. The molecule has 2 atom stereocenters. The molecule has 0 fully saturated rings. The molecule has 0 heterocycles. The summed E-state index contributed by atoms with van der Waals surface area (Å²) in [7, 11) is 0. The Bertz CT molecular complexity index is 919. The summed E-state index contributed by atoms with van der Waals surface area (Å²) in [6.45, 7) is 5.59. The molecule has 0 saturated carbocycles. The van der Waals surface area contributed by atoms with Gasteiger partial charge in [-0.15, -0.1) is 0 Å². The summed E-state index contributed by atoms with van der Waals surface area (Å²) < 4.78 is 43.9. The van der Waals surface area contributed by atoms with Gasteiger partial charge in [0.25, 0.3) is 0 Å². The third-order valence-electron chi connectivity index (χ3n) is 5.78. The Morgan fingerprint density at radius 3 is 2.44 bits per heavy atom. The molecular formula is C22H19F3. The smallest absolute Gasteiger partial charge is 0.170 e. The van der Waals surface area contributed by atoms with Crippen molar-refractivity contribution in [3.05, 3.63) is 87.6 Å². The molecule has 0 N–H and O–H groups in total. The van der Waals surface area contributed by atoms with Crippen LogP contribution in [0.15, 0.2) is 76.4 Å². The number of benzene rings is 1. The van der Waals surface area contributed by atoms with Crippen LogP contribution in [0.1, 0.15) is 37.8 Å². The maximum absolute atomic E-state index is 14.6. The molecule has 0 radical (unpaired) electrons. The van der Waals surface area contributed by atoms with Gasteiger partial charge in [-0.05, 0) is 54.2 Å². The van der Waals surface area contributed by atoms with Gasteiger partial charge in [-0.2, -0.15) is 13.2 Å². The lowest BCUT2D eigenvalue weighted by atomic mass is 9.62. The lowest BCUT2D eigenvalue weighted by molar-refractivity contribution is -0.196. The number of halogens is 3. The van der Waals surface area contributed by atoms with E-state index in [4.69, 9.17) is 0 Å². The van der Waals surface area contributed by atoms with E-state index in [1.54, 1.807) is 12.2 Å². The Labute approximate surface area is 145 Å². The van der Waals surface area contributed by atoms with Crippen LogP contribution < -0.4 is 0 Å². The first-order valence-electron chi connectivity index (χ1n) is 8.41. The number of alkyl halides is 3. The second kappa shape index (κ2) is 5.10. The van der Waals surface area contributed by atoms with E-state index >= 15 is 0 Å². The van der Waals surface area contributed by atoms with Crippen molar-refractivity contribution in [2.24, 2.45) is 5.41 Å². The van der Waals surface area contributed by atoms with Crippen LogP contribution >= 0.6 is 0 Å². The molecule has 25 heavy (non-hydrogen) atoms. The topological polar surface area (TPSA) is 0 Å². The molecule has 0 amide bonds. The molecule has 0 nitrogen and oxygen atoms in total. The molecular weight excluding hydrogens is 321 g/mol. The van der Waals surface area contributed by atoms with E-state index < -0.39 is 17.5 Å². The van der Waals surface area contributed by atoms with Gasteiger partial charge in [-0.3, -0.25) is 0 Å². The standard InChI is InChI=1S/C22H19F3/c1-13-12-19-17(15(13)3)9-6-10-21(19,22(23,24)25)20-14(2)11-16-7-4-5-8-18(16)20/h4-12,20H,1-3H3/t20-,21?/m1/s1. The lowest BCUT2D eigenvalue weighted by Crippen LogP contribution is -2.44. The van der Waals surface area contributed by atoms with Gasteiger partial charge in [0.15, 0.2) is 0 Å². The summed E-state index contributed by atoms with van der Waals surface area (Å²) in [5, 5.41) is 0. The van der Waals surface area contributed by atoms with Crippen LogP contribution in [0, 0.1) is 5.41 Å². The Hall–Kier alpha value is -2.29. The second-order valence-electron chi connectivity index (χ2n) is 7.12. The Balaban J connectivity index is 1.99. The van der Waals surface area contributed by atoms with E-state index in [9.17, 15) is 13.2 Å². The number of allylic oxidation sites excluding steroid dienone is 9. The third-order valence-corrected chi connectivity index (χ3v) is 5.78. The number of rotatable bonds is 1. The van der Waals surface area contributed by atoms with Gasteiger partial charge in [-0.1, -0.05) is 60.2 Å². The minimum absolute atomic E-state index is 0.381. The largest absolute Gasteiger partial charge is 0.402 e. The maximum atomic E-state index is 14.6. The number of hydrogen-bond donors (Lipinski definition) is 0. The van der Waals surface area contributed by atoms with Gasteiger partial charge in [0.2, 0.25) is 0 Å². The highest BCUT2D eigenvalue weighted by Crippen LogP contribution is 2.63. The first-order chi connectivity index (χ1) is 11.8. The molecule has 1 unspecified atom stereocenters. The molecule has 128 valence electrons. The van der Waals surface area contributed by atoms with E-state index in [1.165, 1.54) is 6.08 Å². The highest BCUT2D eigenvalue weighted by molar-refractivity contribution is 5.72. The maximum Gasteiger partial charge on any atom is 0.402 e. The van der Waals surface area contributed by atoms with Gasteiger partial charge in [0, 0.05) is 5.92 Å². The van der Waals surface area contributed by atoms with Crippen LogP contribution in [0.4, 0.5) is 13.2 Å². The van der Waals surface area contributed by atoms with Gasteiger partial charge >= 0.3 is 6.18 Å². The van der Waals surface area contributed by atoms with Gasteiger partial charge < -0.3 is 0 Å². The zero-order valence-corrected chi connectivity index (χ0v) is 14.4. The van der Waals surface area contributed by atoms with Crippen LogP contribution in [0.3, 0.4) is 0 Å². The summed E-state index contributed by atoms with van der Waals surface area (Å²) in [6.07, 6.45) is 3.97. The fourth-order valence-corrected chi connectivity index (χ4v) is 4.51. The normalized spacial score (nSPS) is 27.8. The van der Waals surface area contributed by atoms with Crippen molar-refractivity contribution in [3.63, 3.8) is 0 Å². The molecule has 4 rings (SSSR count). The molecule has 0 saturated heterocycles. The van der Waals surface area contributed by atoms with E-state index in [0.29, 0.717) is 5.57 Å². The first-order valence-corrected chi connectivity index (χ1v) is 8.41. The van der Waals surface area contributed by atoms with Crippen molar-refractivity contribution >= 4 is 6.08 Å². The zero-order chi connectivity index (χ0) is 18.0. The van der Waals surface area contributed by atoms with Crippen molar-refractivity contribution in [1.29, 1.82) is 0 Å². The second-order valence-corrected chi connectivity index (χ2v) is 7.12. The van der Waals surface area contributed by atoms with Crippen molar-refractivity contribution < 1.29 is 13.2 Å². The SMILES string of the molecule is CC1=Cc2ccccc2[C@@H]1C1(C(F)(F)F)C=CC=C2C1=CC(C)=C2C. The molecule has 3 aliphatic rings. The summed E-state index contributed by atoms with van der Waals surface area (Å²) in [5.74, 6) is -0.728. The van der Waals surface area contributed by atoms with E-state index in [0.717, 1.165) is 33.4 Å². The highest BCUT2D eigenvalue weighted by atomic mass is 19.4. The Kier molecular flexibility index (Phi) is 3.31. The van der Waals surface area contributed by atoms with E-state index in [1.807, 2.05) is 57.2 Å². The Morgan fingerprint density at radius 2 is 1.72 bits per heavy atom. The van der Waals surface area contributed by atoms with Crippen LogP contribution in [0.25, 0.3) is 6.08 Å². The van der Waals surface area contributed by atoms with Gasteiger partial charge in [0.1, 0.15) is 5.41 Å². The van der Waals surface area contributed by atoms with E-state index in [-0.39, 0.29) is 0 Å². The van der Waals surface area contributed by atoms with Crippen molar-refractivity contribution in [2.45, 2.75) is 32.9 Å². The molecule has 0 aliphatic heterocycles. The fraction of sp³-hybridized carbons (Fsp3) is 0.273. The van der Waals surface area contributed by atoms with Crippen LogP contribution in [0.5, 0.6) is 0 Å². The van der Waals surface area contributed by atoms with Crippen molar-refractivity contribution in [2.75, 3.05) is 0 Å². The molecule has 1 aromatic rings. The van der Waals surface area contributed by atoms with Crippen molar-refractivity contribution in [1.82, 2.24) is 0 Å². The van der Waals surface area contributed by atoms with Crippen molar-refractivity contribution in [3.8, 4) is 0 Å². The average molecular weight is 340 g/mol. The van der Waals surface area contributed by atoms with Crippen LogP contribution in [-0.4, -0.2) is 6.18 Å². The Morgan fingerprint density at radius 1 is 1.00 bits per heavy atom. The summed E-state index contributed by atoms with van der Waals surface area (Å²) >= 11 is 0.